The van der Waals surface area contributed by atoms with Crippen molar-refractivity contribution in [3.63, 3.8) is 0 Å². The summed E-state index contributed by atoms with van der Waals surface area (Å²) >= 11 is 0. The molecule has 2 atom stereocenters. The van der Waals surface area contributed by atoms with E-state index in [2.05, 4.69) is 29.4 Å². The first-order valence-electron chi connectivity index (χ1n) is 9.46. The molecule has 2 aliphatic carbocycles. The molecule has 0 bridgehead atoms. The molecule has 5 heteroatoms. The Morgan fingerprint density at radius 1 is 1.08 bits per heavy atom. The van der Waals surface area contributed by atoms with Crippen molar-refractivity contribution in [2.75, 3.05) is 26.2 Å². The molecular weight excluding hydrogens is 302 g/mol. The zero-order valence-electron chi connectivity index (χ0n) is 14.9. The Labute approximate surface area is 144 Å². The number of hydrogen-bond donors (Lipinski definition) is 1. The minimum absolute atomic E-state index is 0.176. The molecule has 1 amide bonds. The number of aliphatic hydroxyl groups excluding tert-OH is 1. The molecule has 0 unspecified atom stereocenters. The van der Waals surface area contributed by atoms with Gasteiger partial charge in [0.05, 0.1) is 11.7 Å². The van der Waals surface area contributed by atoms with Crippen LogP contribution in [0.5, 0.6) is 0 Å². The number of hydrogen-bond acceptors (Lipinski definition) is 3. The number of piperazine rings is 1. The predicted octanol–water partition coefficient (Wildman–Crippen LogP) is 2.11. The van der Waals surface area contributed by atoms with Crippen LogP contribution in [0.3, 0.4) is 0 Å². The van der Waals surface area contributed by atoms with E-state index in [1.54, 1.807) is 0 Å². The van der Waals surface area contributed by atoms with Crippen LogP contribution in [-0.2, 0) is 0 Å². The van der Waals surface area contributed by atoms with Crippen LogP contribution >= 0.6 is 0 Å². The van der Waals surface area contributed by atoms with Crippen molar-refractivity contribution in [2.45, 2.75) is 64.1 Å². The van der Waals surface area contributed by atoms with Gasteiger partial charge in [-0.1, -0.05) is 0 Å². The van der Waals surface area contributed by atoms with Gasteiger partial charge in [0, 0.05) is 49.7 Å². The summed E-state index contributed by atoms with van der Waals surface area (Å²) in [7, 11) is 0. The normalized spacial score (nSPS) is 28.5. The van der Waals surface area contributed by atoms with E-state index in [9.17, 15) is 9.90 Å². The van der Waals surface area contributed by atoms with Crippen LogP contribution in [0.25, 0.3) is 0 Å². The van der Waals surface area contributed by atoms with Gasteiger partial charge in [-0.3, -0.25) is 9.69 Å². The maximum absolute atomic E-state index is 13.0. The molecular formula is C19H29N3O2. The fourth-order valence-corrected chi connectivity index (χ4v) is 4.66. The third kappa shape index (κ3) is 2.78. The van der Waals surface area contributed by atoms with Crippen LogP contribution in [-0.4, -0.2) is 63.7 Å². The first-order valence-corrected chi connectivity index (χ1v) is 9.46. The number of amides is 1. The van der Waals surface area contributed by atoms with E-state index in [4.69, 9.17) is 0 Å². The first-order chi connectivity index (χ1) is 11.6. The molecule has 2 saturated carbocycles. The summed E-state index contributed by atoms with van der Waals surface area (Å²) in [6, 6.07) is 3.00. The molecule has 4 rings (SSSR count). The molecule has 5 nitrogen and oxygen atoms in total. The maximum atomic E-state index is 13.0. The topological polar surface area (TPSA) is 48.7 Å². The standard InChI is InChI=1S/C19H29N3O2/c1-13-12-16(14(2)22(13)15-6-7-15)19(24)21-10-8-20(9-11-21)17-4-3-5-18(17)23/h12,15,17-18,23H,3-11H2,1-2H3/t17-,18-/m1/s1. The predicted molar refractivity (Wildman–Crippen MR) is 93.3 cm³/mol. The molecule has 0 aromatic carbocycles. The number of rotatable bonds is 3. The average molecular weight is 331 g/mol. The highest BCUT2D eigenvalue weighted by molar-refractivity contribution is 5.95. The monoisotopic (exact) mass is 331 g/mol. The number of aromatic nitrogens is 1. The molecule has 1 saturated heterocycles. The van der Waals surface area contributed by atoms with Crippen molar-refractivity contribution in [3.8, 4) is 0 Å². The van der Waals surface area contributed by atoms with E-state index in [0.717, 1.165) is 56.7 Å². The summed E-state index contributed by atoms with van der Waals surface area (Å²) in [6.07, 6.45) is 5.45. The Hall–Kier alpha value is -1.33. The van der Waals surface area contributed by atoms with Crippen molar-refractivity contribution in [1.29, 1.82) is 0 Å². The lowest BCUT2D eigenvalue weighted by atomic mass is 10.1. The van der Waals surface area contributed by atoms with Gasteiger partial charge in [0.25, 0.3) is 5.91 Å². The number of aliphatic hydroxyl groups is 1. The minimum atomic E-state index is -0.176. The molecule has 2 heterocycles. The lowest BCUT2D eigenvalue weighted by Crippen LogP contribution is -2.53. The summed E-state index contributed by atoms with van der Waals surface area (Å²) in [5, 5.41) is 10.1. The minimum Gasteiger partial charge on any atom is -0.391 e. The summed E-state index contributed by atoms with van der Waals surface area (Å²) in [4.78, 5) is 17.3. The van der Waals surface area contributed by atoms with Gasteiger partial charge in [0.1, 0.15) is 0 Å². The molecule has 24 heavy (non-hydrogen) atoms. The largest absolute Gasteiger partial charge is 0.391 e. The lowest BCUT2D eigenvalue weighted by Gasteiger charge is -2.39. The van der Waals surface area contributed by atoms with E-state index in [1.165, 1.54) is 18.5 Å². The molecule has 132 valence electrons. The fourth-order valence-electron chi connectivity index (χ4n) is 4.66. The Bertz CT molecular complexity index is 627. The highest BCUT2D eigenvalue weighted by Gasteiger charge is 2.34. The highest BCUT2D eigenvalue weighted by Crippen LogP contribution is 2.38. The van der Waals surface area contributed by atoms with Crippen LogP contribution in [0.2, 0.25) is 0 Å². The number of nitrogens with zero attached hydrogens (tertiary/aromatic N) is 3. The quantitative estimate of drug-likeness (QED) is 0.923. The van der Waals surface area contributed by atoms with Crippen LogP contribution in [0.1, 0.15) is 59.9 Å². The van der Waals surface area contributed by atoms with Gasteiger partial charge in [0.15, 0.2) is 0 Å². The molecule has 1 aromatic heterocycles. The smallest absolute Gasteiger partial charge is 0.255 e. The average Bonchev–Trinajstić information content (AvgIpc) is 3.24. The van der Waals surface area contributed by atoms with Gasteiger partial charge in [-0.05, 0) is 52.0 Å². The Morgan fingerprint density at radius 2 is 1.79 bits per heavy atom. The number of carbonyl (C=O) groups is 1. The van der Waals surface area contributed by atoms with E-state index in [1.807, 2.05) is 4.90 Å². The number of aryl methyl sites for hydroxylation is 1. The summed E-state index contributed by atoms with van der Waals surface area (Å²) in [5.74, 6) is 0.182. The van der Waals surface area contributed by atoms with E-state index >= 15 is 0 Å². The van der Waals surface area contributed by atoms with Crippen LogP contribution in [0, 0.1) is 13.8 Å². The van der Waals surface area contributed by atoms with Gasteiger partial charge < -0.3 is 14.6 Å². The molecule has 3 aliphatic rings. The first kappa shape index (κ1) is 16.2. The molecule has 0 spiro atoms. The summed E-state index contributed by atoms with van der Waals surface area (Å²) in [6.45, 7) is 7.51. The van der Waals surface area contributed by atoms with Gasteiger partial charge >= 0.3 is 0 Å². The van der Waals surface area contributed by atoms with E-state index in [-0.39, 0.29) is 12.0 Å². The molecule has 1 aromatic rings. The highest BCUT2D eigenvalue weighted by atomic mass is 16.3. The van der Waals surface area contributed by atoms with Gasteiger partial charge in [0.2, 0.25) is 0 Å². The Balaban J connectivity index is 1.42. The van der Waals surface area contributed by atoms with Crippen molar-refractivity contribution >= 4 is 5.91 Å². The van der Waals surface area contributed by atoms with Crippen LogP contribution < -0.4 is 0 Å². The van der Waals surface area contributed by atoms with Gasteiger partial charge in [-0.15, -0.1) is 0 Å². The molecule has 1 N–H and O–H groups in total. The van der Waals surface area contributed by atoms with Crippen molar-refractivity contribution < 1.29 is 9.90 Å². The summed E-state index contributed by atoms with van der Waals surface area (Å²) < 4.78 is 2.35. The van der Waals surface area contributed by atoms with Gasteiger partial charge in [-0.2, -0.15) is 0 Å². The molecule has 3 fully saturated rings. The zero-order chi connectivity index (χ0) is 16.8. The van der Waals surface area contributed by atoms with Crippen molar-refractivity contribution in [3.05, 3.63) is 23.0 Å². The van der Waals surface area contributed by atoms with Crippen molar-refractivity contribution in [2.24, 2.45) is 0 Å². The van der Waals surface area contributed by atoms with E-state index < -0.39 is 0 Å². The second-order valence-electron chi connectivity index (χ2n) is 7.78. The third-order valence-electron chi connectivity index (χ3n) is 6.14. The second kappa shape index (κ2) is 6.19. The van der Waals surface area contributed by atoms with Crippen LogP contribution in [0.15, 0.2) is 6.07 Å². The molecule has 0 radical (unpaired) electrons. The number of carbonyl (C=O) groups excluding carboxylic acids is 1. The Kier molecular flexibility index (Phi) is 4.17. The lowest BCUT2D eigenvalue weighted by molar-refractivity contribution is 0.0315. The maximum Gasteiger partial charge on any atom is 0.255 e. The van der Waals surface area contributed by atoms with E-state index in [0.29, 0.717) is 12.1 Å². The SMILES string of the molecule is Cc1cc(C(=O)N2CCN([C@@H]3CCC[C@H]3O)CC2)c(C)n1C1CC1. The van der Waals surface area contributed by atoms with Crippen molar-refractivity contribution in [1.82, 2.24) is 14.4 Å². The zero-order valence-corrected chi connectivity index (χ0v) is 14.9. The van der Waals surface area contributed by atoms with Crippen LogP contribution in [0.4, 0.5) is 0 Å². The molecule has 1 aliphatic heterocycles. The van der Waals surface area contributed by atoms with Gasteiger partial charge in [-0.25, -0.2) is 0 Å². The fraction of sp³-hybridized carbons (Fsp3) is 0.737. The summed E-state index contributed by atoms with van der Waals surface area (Å²) in [5.41, 5.74) is 3.23. The second-order valence-corrected chi connectivity index (χ2v) is 7.78. The Morgan fingerprint density at radius 3 is 2.38 bits per heavy atom. The third-order valence-corrected chi connectivity index (χ3v) is 6.14.